The number of nitrogens with one attached hydrogen (secondary N) is 2. The van der Waals surface area contributed by atoms with Gasteiger partial charge in [-0.1, -0.05) is 28.1 Å². The van der Waals surface area contributed by atoms with Crippen molar-refractivity contribution in [1.82, 2.24) is 5.48 Å². The summed E-state index contributed by atoms with van der Waals surface area (Å²) < 4.78 is 0.936. The Balaban J connectivity index is 1.95. The molecule has 114 valence electrons. The Morgan fingerprint density at radius 1 is 1.14 bits per heavy atom. The molecule has 0 heterocycles. The second-order valence-electron chi connectivity index (χ2n) is 4.57. The Morgan fingerprint density at radius 3 is 2.50 bits per heavy atom. The Kier molecular flexibility index (Phi) is 5.68. The van der Waals surface area contributed by atoms with Gasteiger partial charge in [-0.25, -0.2) is 5.48 Å². The molecule has 22 heavy (non-hydrogen) atoms. The van der Waals surface area contributed by atoms with Gasteiger partial charge in [0.1, 0.15) is 0 Å². The first-order valence-electron chi connectivity index (χ1n) is 6.56. The number of carbonyl (C=O) groups is 2. The van der Waals surface area contributed by atoms with Crippen LogP contribution in [0.5, 0.6) is 0 Å². The van der Waals surface area contributed by atoms with Gasteiger partial charge in [0.05, 0.1) is 13.5 Å². The maximum absolute atomic E-state index is 12.0. The maximum Gasteiger partial charge on any atom is 0.274 e. The predicted octanol–water partition coefficient (Wildman–Crippen LogP) is 2.92. The zero-order valence-electron chi connectivity index (χ0n) is 11.9. The zero-order valence-corrected chi connectivity index (χ0v) is 13.5. The molecule has 0 bridgehead atoms. The highest BCUT2D eigenvalue weighted by molar-refractivity contribution is 9.10. The van der Waals surface area contributed by atoms with Gasteiger partial charge in [0, 0.05) is 15.7 Å². The molecule has 5 nitrogen and oxygen atoms in total. The number of anilines is 1. The molecule has 0 spiro atoms. The van der Waals surface area contributed by atoms with E-state index in [4.69, 9.17) is 0 Å². The third-order valence-corrected chi connectivity index (χ3v) is 3.37. The summed E-state index contributed by atoms with van der Waals surface area (Å²) in [5.74, 6) is -0.457. The minimum absolute atomic E-state index is 0.118. The molecule has 0 aliphatic carbocycles. The summed E-state index contributed by atoms with van der Waals surface area (Å²) >= 11 is 3.37. The van der Waals surface area contributed by atoms with Crippen LogP contribution in [0.15, 0.2) is 53.0 Å². The summed E-state index contributed by atoms with van der Waals surface area (Å²) in [6, 6.07) is 14.2. The molecule has 0 fully saturated rings. The predicted molar refractivity (Wildman–Crippen MR) is 87.4 cm³/mol. The first-order valence-corrected chi connectivity index (χ1v) is 7.35. The van der Waals surface area contributed by atoms with E-state index >= 15 is 0 Å². The van der Waals surface area contributed by atoms with Crippen molar-refractivity contribution in [2.75, 3.05) is 12.4 Å². The number of hydrogen-bond donors (Lipinski definition) is 2. The van der Waals surface area contributed by atoms with Crippen molar-refractivity contribution in [3.8, 4) is 0 Å². The molecule has 2 rings (SSSR count). The average molecular weight is 363 g/mol. The smallest absolute Gasteiger partial charge is 0.274 e. The monoisotopic (exact) mass is 362 g/mol. The van der Waals surface area contributed by atoms with E-state index in [1.165, 1.54) is 7.11 Å². The lowest BCUT2D eigenvalue weighted by Gasteiger charge is -2.07. The normalized spacial score (nSPS) is 10.1. The van der Waals surface area contributed by atoms with Crippen LogP contribution in [0.3, 0.4) is 0 Å². The number of carbonyl (C=O) groups excluding carboxylic acids is 2. The van der Waals surface area contributed by atoms with Crippen LogP contribution in [0.25, 0.3) is 0 Å². The van der Waals surface area contributed by atoms with E-state index in [9.17, 15) is 9.59 Å². The molecule has 0 radical (unpaired) electrons. The Hall–Kier alpha value is -2.18. The summed E-state index contributed by atoms with van der Waals surface area (Å²) in [7, 11) is 1.37. The van der Waals surface area contributed by atoms with Gasteiger partial charge in [0.15, 0.2) is 0 Å². The molecule has 2 N–H and O–H groups in total. The molecule has 0 aromatic heterocycles. The topological polar surface area (TPSA) is 67.4 Å². The Morgan fingerprint density at radius 2 is 1.86 bits per heavy atom. The molecule has 0 aliphatic heterocycles. The standard InChI is InChI=1S/C16H15BrN2O3/c1-22-19-16(21)12-5-7-14(8-6-12)18-15(20)10-11-3-2-4-13(17)9-11/h2-9H,10H2,1H3,(H,18,20)(H,19,21). The highest BCUT2D eigenvalue weighted by atomic mass is 79.9. The number of amides is 2. The minimum Gasteiger partial charge on any atom is -0.326 e. The lowest BCUT2D eigenvalue weighted by Crippen LogP contribution is -2.21. The van der Waals surface area contributed by atoms with Crippen molar-refractivity contribution in [2.45, 2.75) is 6.42 Å². The lowest BCUT2D eigenvalue weighted by molar-refractivity contribution is -0.115. The quantitative estimate of drug-likeness (QED) is 0.803. The largest absolute Gasteiger partial charge is 0.326 e. The van der Waals surface area contributed by atoms with Crippen LogP contribution in [-0.4, -0.2) is 18.9 Å². The van der Waals surface area contributed by atoms with Crippen LogP contribution >= 0.6 is 15.9 Å². The van der Waals surface area contributed by atoms with E-state index < -0.39 is 0 Å². The fourth-order valence-corrected chi connectivity index (χ4v) is 2.34. The lowest BCUT2D eigenvalue weighted by atomic mass is 10.1. The third-order valence-electron chi connectivity index (χ3n) is 2.88. The van der Waals surface area contributed by atoms with Gasteiger partial charge in [-0.3, -0.25) is 14.4 Å². The van der Waals surface area contributed by atoms with Crippen molar-refractivity contribution in [3.05, 3.63) is 64.1 Å². The van der Waals surface area contributed by atoms with Crippen molar-refractivity contribution in [3.63, 3.8) is 0 Å². The maximum atomic E-state index is 12.0. The molecule has 2 aromatic rings. The summed E-state index contributed by atoms with van der Waals surface area (Å²) in [5.41, 5.74) is 4.23. The molecule has 2 amide bonds. The molecule has 0 aliphatic rings. The molecular formula is C16H15BrN2O3. The Labute approximate surface area is 136 Å². The number of halogens is 1. The second-order valence-corrected chi connectivity index (χ2v) is 5.48. The van der Waals surface area contributed by atoms with E-state index in [-0.39, 0.29) is 18.2 Å². The number of hydrogen-bond acceptors (Lipinski definition) is 3. The number of benzene rings is 2. The molecule has 2 aromatic carbocycles. The van der Waals surface area contributed by atoms with Gasteiger partial charge in [-0.05, 0) is 42.0 Å². The zero-order chi connectivity index (χ0) is 15.9. The molecule has 0 saturated carbocycles. The van der Waals surface area contributed by atoms with Crippen LogP contribution in [0.2, 0.25) is 0 Å². The van der Waals surface area contributed by atoms with E-state index in [1.807, 2.05) is 24.3 Å². The third kappa shape index (κ3) is 4.68. The summed E-state index contributed by atoms with van der Waals surface area (Å²) in [5, 5.41) is 2.79. The number of rotatable bonds is 5. The van der Waals surface area contributed by atoms with Gasteiger partial charge in [-0.15, -0.1) is 0 Å². The SMILES string of the molecule is CONC(=O)c1ccc(NC(=O)Cc2cccc(Br)c2)cc1. The first-order chi connectivity index (χ1) is 10.6. The van der Waals surface area contributed by atoms with Crippen molar-refractivity contribution in [1.29, 1.82) is 0 Å². The van der Waals surface area contributed by atoms with Crippen LogP contribution < -0.4 is 10.8 Å². The van der Waals surface area contributed by atoms with Crippen molar-refractivity contribution < 1.29 is 14.4 Å². The Bertz CT molecular complexity index is 671. The van der Waals surface area contributed by atoms with Crippen molar-refractivity contribution >= 4 is 33.4 Å². The fraction of sp³-hybridized carbons (Fsp3) is 0.125. The summed E-state index contributed by atoms with van der Waals surface area (Å²) in [4.78, 5) is 28.1. The minimum atomic E-state index is -0.338. The van der Waals surface area contributed by atoms with Crippen LogP contribution in [-0.2, 0) is 16.1 Å². The highest BCUT2D eigenvalue weighted by Gasteiger charge is 2.07. The van der Waals surface area contributed by atoms with E-state index in [2.05, 4.69) is 31.6 Å². The van der Waals surface area contributed by atoms with Gasteiger partial charge in [-0.2, -0.15) is 0 Å². The van der Waals surface area contributed by atoms with E-state index in [1.54, 1.807) is 24.3 Å². The molecule has 6 heteroatoms. The summed E-state index contributed by atoms with van der Waals surface area (Å²) in [6.07, 6.45) is 0.283. The van der Waals surface area contributed by atoms with Crippen LogP contribution in [0.4, 0.5) is 5.69 Å². The van der Waals surface area contributed by atoms with Gasteiger partial charge < -0.3 is 5.32 Å². The van der Waals surface area contributed by atoms with Gasteiger partial charge >= 0.3 is 0 Å². The van der Waals surface area contributed by atoms with Gasteiger partial charge in [0.2, 0.25) is 5.91 Å². The average Bonchev–Trinajstić information content (AvgIpc) is 2.48. The molecule has 0 atom stereocenters. The van der Waals surface area contributed by atoms with E-state index in [0.717, 1.165) is 10.0 Å². The molecule has 0 saturated heterocycles. The second kappa shape index (κ2) is 7.72. The van der Waals surface area contributed by atoms with E-state index in [0.29, 0.717) is 11.3 Å². The highest BCUT2D eigenvalue weighted by Crippen LogP contribution is 2.14. The first kappa shape index (κ1) is 16.2. The fourth-order valence-electron chi connectivity index (χ4n) is 1.89. The van der Waals surface area contributed by atoms with Crippen LogP contribution in [0.1, 0.15) is 15.9 Å². The molecular weight excluding hydrogens is 348 g/mol. The van der Waals surface area contributed by atoms with Crippen molar-refractivity contribution in [2.24, 2.45) is 0 Å². The van der Waals surface area contributed by atoms with Gasteiger partial charge in [0.25, 0.3) is 5.91 Å². The van der Waals surface area contributed by atoms with Crippen LogP contribution in [0, 0.1) is 0 Å². The number of hydroxylamine groups is 1. The summed E-state index contributed by atoms with van der Waals surface area (Å²) in [6.45, 7) is 0. The molecule has 0 unspecified atom stereocenters.